The predicted molar refractivity (Wildman–Crippen MR) is 94.6 cm³/mol. The number of hydrogen-bond donors (Lipinski definition) is 1. The van der Waals surface area contributed by atoms with Crippen LogP contribution in [0.5, 0.6) is 5.75 Å². The summed E-state index contributed by atoms with van der Waals surface area (Å²) in [7, 11) is -2.10. The van der Waals surface area contributed by atoms with Crippen molar-refractivity contribution in [3.63, 3.8) is 0 Å². The first kappa shape index (κ1) is 18.2. The van der Waals surface area contributed by atoms with Crippen molar-refractivity contribution < 1.29 is 17.9 Å². The Hall–Kier alpha value is -2.65. The largest absolute Gasteiger partial charge is 0.486 e. The zero-order valence-electron chi connectivity index (χ0n) is 14.4. The number of sulfonamides is 1. The smallest absolute Gasteiger partial charge is 0.254 e. The normalized spacial score (nSPS) is 14.8. The number of primary sulfonamides is 1. The second kappa shape index (κ2) is 6.58. The second-order valence-corrected chi connectivity index (χ2v) is 7.81. The van der Waals surface area contributed by atoms with Gasteiger partial charge in [-0.1, -0.05) is 0 Å². The Labute approximate surface area is 150 Å². The zero-order chi connectivity index (χ0) is 19.1. The van der Waals surface area contributed by atoms with Crippen LogP contribution in [0.15, 0.2) is 46.1 Å². The molecule has 0 aliphatic carbocycles. The molecule has 3 rings (SSSR count). The number of hydrogen-bond acceptors (Lipinski definition) is 5. The van der Waals surface area contributed by atoms with Crippen molar-refractivity contribution in [1.29, 1.82) is 0 Å². The summed E-state index contributed by atoms with van der Waals surface area (Å²) >= 11 is 0. The highest BCUT2D eigenvalue weighted by Crippen LogP contribution is 2.20. The average Bonchev–Trinajstić information content (AvgIpc) is 2.54. The summed E-state index contributed by atoms with van der Waals surface area (Å²) in [6.45, 7) is 2.60. The molecular formula is C17H19N3O5S. The number of carbonyl (C=O) groups is 1. The minimum Gasteiger partial charge on any atom is -0.486 e. The van der Waals surface area contributed by atoms with Gasteiger partial charge < -0.3 is 14.2 Å². The van der Waals surface area contributed by atoms with Gasteiger partial charge in [0.05, 0.1) is 18.0 Å². The zero-order valence-corrected chi connectivity index (χ0v) is 15.2. The lowest BCUT2D eigenvalue weighted by Crippen LogP contribution is -2.56. The van der Waals surface area contributed by atoms with Crippen LogP contribution in [0.25, 0.3) is 0 Å². The molecule has 0 bridgehead atoms. The third-order valence-corrected chi connectivity index (χ3v) is 5.27. The number of aryl methyl sites for hydroxylation is 1. The maximum absolute atomic E-state index is 12.4. The van der Waals surface area contributed by atoms with E-state index in [0.29, 0.717) is 24.4 Å². The fourth-order valence-corrected chi connectivity index (χ4v) is 3.16. The van der Waals surface area contributed by atoms with Crippen LogP contribution < -0.4 is 15.4 Å². The molecule has 1 saturated heterocycles. The third kappa shape index (κ3) is 3.63. The summed E-state index contributed by atoms with van der Waals surface area (Å²) in [6, 6.07) is 8.67. The first-order valence-corrected chi connectivity index (χ1v) is 9.46. The van der Waals surface area contributed by atoms with E-state index in [1.54, 1.807) is 18.0 Å². The van der Waals surface area contributed by atoms with Crippen molar-refractivity contribution in [2.45, 2.75) is 17.9 Å². The maximum atomic E-state index is 12.4. The van der Waals surface area contributed by atoms with E-state index >= 15 is 0 Å². The van der Waals surface area contributed by atoms with E-state index in [1.165, 1.54) is 34.9 Å². The molecule has 1 aromatic carbocycles. The molecule has 0 spiro atoms. The lowest BCUT2D eigenvalue weighted by atomic mass is 10.1. The lowest BCUT2D eigenvalue weighted by Gasteiger charge is -2.39. The van der Waals surface area contributed by atoms with Gasteiger partial charge in [-0.3, -0.25) is 9.59 Å². The van der Waals surface area contributed by atoms with Gasteiger partial charge in [-0.2, -0.15) is 0 Å². The van der Waals surface area contributed by atoms with Gasteiger partial charge in [0.15, 0.2) is 0 Å². The minimum absolute atomic E-state index is 0.0418. The quantitative estimate of drug-likeness (QED) is 0.821. The van der Waals surface area contributed by atoms with Crippen molar-refractivity contribution in [2.24, 2.45) is 12.2 Å². The standard InChI is InChI=1S/C17H19N3O5S/c1-11-7-13(8-16(21)19(11)2)25-14-9-20(10-14)17(22)12-3-5-15(6-4-12)26(18,23)24/h3-8,14H,9-10H2,1-2H3,(H2,18,23,24). The van der Waals surface area contributed by atoms with Gasteiger partial charge in [0.25, 0.3) is 11.5 Å². The van der Waals surface area contributed by atoms with E-state index in [4.69, 9.17) is 9.88 Å². The number of ether oxygens (including phenoxy) is 1. The molecule has 9 heteroatoms. The Morgan fingerprint density at radius 2 is 1.81 bits per heavy atom. The number of aromatic nitrogens is 1. The maximum Gasteiger partial charge on any atom is 0.254 e. The Bertz CT molecular complexity index is 1010. The molecule has 1 aromatic heterocycles. The summed E-state index contributed by atoms with van der Waals surface area (Å²) in [5.74, 6) is 0.270. The van der Waals surface area contributed by atoms with Crippen molar-refractivity contribution >= 4 is 15.9 Å². The van der Waals surface area contributed by atoms with Crippen molar-refractivity contribution in [2.75, 3.05) is 13.1 Å². The van der Waals surface area contributed by atoms with Crippen LogP contribution in [0.4, 0.5) is 0 Å². The Kier molecular flexibility index (Phi) is 4.59. The van der Waals surface area contributed by atoms with Crippen molar-refractivity contribution in [3.8, 4) is 5.75 Å². The molecule has 1 aliphatic heterocycles. The number of pyridine rings is 1. The fraction of sp³-hybridized carbons (Fsp3) is 0.294. The number of nitrogens with zero attached hydrogens (tertiary/aromatic N) is 2. The molecule has 1 fully saturated rings. The molecule has 2 heterocycles. The Morgan fingerprint density at radius 3 is 2.35 bits per heavy atom. The van der Waals surface area contributed by atoms with E-state index in [1.807, 2.05) is 6.92 Å². The number of nitrogens with two attached hydrogens (primary N) is 1. The summed E-state index contributed by atoms with van der Waals surface area (Å²) in [5, 5.41) is 5.04. The Morgan fingerprint density at radius 1 is 1.19 bits per heavy atom. The molecule has 2 aromatic rings. The topological polar surface area (TPSA) is 112 Å². The summed E-state index contributed by atoms with van der Waals surface area (Å²) in [4.78, 5) is 25.7. The van der Waals surface area contributed by atoms with E-state index in [-0.39, 0.29) is 22.5 Å². The molecule has 26 heavy (non-hydrogen) atoms. The van der Waals surface area contributed by atoms with Gasteiger partial charge in [-0.15, -0.1) is 0 Å². The Balaban J connectivity index is 1.61. The molecule has 1 aliphatic rings. The van der Waals surface area contributed by atoms with Gasteiger partial charge in [-0.25, -0.2) is 13.6 Å². The monoisotopic (exact) mass is 377 g/mol. The molecule has 0 saturated carbocycles. The number of benzene rings is 1. The molecule has 1 amide bonds. The molecule has 0 atom stereocenters. The molecule has 0 unspecified atom stereocenters. The number of likely N-dealkylation sites (tertiary alicyclic amines) is 1. The van der Waals surface area contributed by atoms with Crippen LogP contribution >= 0.6 is 0 Å². The fourth-order valence-electron chi connectivity index (χ4n) is 2.65. The van der Waals surface area contributed by atoms with Gasteiger partial charge in [0.1, 0.15) is 11.9 Å². The van der Waals surface area contributed by atoms with Crippen molar-refractivity contribution in [3.05, 3.63) is 58.0 Å². The molecular weight excluding hydrogens is 358 g/mol. The third-order valence-electron chi connectivity index (χ3n) is 4.34. The first-order chi connectivity index (χ1) is 12.1. The molecule has 138 valence electrons. The van der Waals surface area contributed by atoms with Crippen LogP contribution in [0.1, 0.15) is 16.1 Å². The molecule has 2 N–H and O–H groups in total. The highest BCUT2D eigenvalue weighted by atomic mass is 32.2. The summed E-state index contributed by atoms with van der Waals surface area (Å²) < 4.78 is 29.8. The van der Waals surface area contributed by atoms with E-state index in [2.05, 4.69) is 0 Å². The van der Waals surface area contributed by atoms with Crippen LogP contribution in [-0.2, 0) is 17.1 Å². The highest BCUT2D eigenvalue weighted by Gasteiger charge is 2.33. The minimum atomic E-state index is -3.78. The number of rotatable bonds is 4. The van der Waals surface area contributed by atoms with Crippen LogP contribution in [0.3, 0.4) is 0 Å². The first-order valence-electron chi connectivity index (χ1n) is 7.91. The summed E-state index contributed by atoms with van der Waals surface area (Å²) in [6.07, 6.45) is -0.186. The highest BCUT2D eigenvalue weighted by molar-refractivity contribution is 7.89. The van der Waals surface area contributed by atoms with Crippen LogP contribution in [0.2, 0.25) is 0 Å². The molecule has 8 nitrogen and oxygen atoms in total. The van der Waals surface area contributed by atoms with Crippen molar-refractivity contribution in [1.82, 2.24) is 9.47 Å². The van der Waals surface area contributed by atoms with E-state index in [0.717, 1.165) is 5.69 Å². The molecule has 0 radical (unpaired) electrons. The summed E-state index contributed by atoms with van der Waals surface area (Å²) in [5.41, 5.74) is 1.01. The van der Waals surface area contributed by atoms with Gasteiger partial charge >= 0.3 is 0 Å². The average molecular weight is 377 g/mol. The second-order valence-electron chi connectivity index (χ2n) is 6.25. The van der Waals surface area contributed by atoms with Crippen LogP contribution in [0, 0.1) is 6.92 Å². The SMILES string of the molecule is Cc1cc(OC2CN(C(=O)c3ccc(S(N)(=O)=O)cc3)C2)cc(=O)n1C. The van der Waals surface area contributed by atoms with Gasteiger partial charge in [-0.05, 0) is 37.3 Å². The van der Waals surface area contributed by atoms with E-state index in [9.17, 15) is 18.0 Å². The number of amides is 1. The lowest BCUT2D eigenvalue weighted by molar-refractivity contribution is 0.0176. The predicted octanol–water partition coefficient (Wildman–Crippen LogP) is 0.245. The number of carbonyl (C=O) groups excluding carboxylic acids is 1. The van der Waals surface area contributed by atoms with Gasteiger partial charge in [0.2, 0.25) is 10.0 Å². The van der Waals surface area contributed by atoms with Gasteiger partial charge in [0, 0.05) is 24.4 Å². The van der Waals surface area contributed by atoms with Crippen LogP contribution in [-0.4, -0.2) is 43.0 Å². The van der Waals surface area contributed by atoms with E-state index < -0.39 is 10.0 Å².